The van der Waals surface area contributed by atoms with E-state index in [4.69, 9.17) is 4.74 Å². The van der Waals surface area contributed by atoms with Gasteiger partial charge in [0.15, 0.2) is 0 Å². The molecule has 0 radical (unpaired) electrons. The Morgan fingerprint density at radius 1 is 1.44 bits per heavy atom. The number of rotatable bonds is 5. The average Bonchev–Trinajstić information content (AvgIpc) is 2.28. The molecule has 1 heterocycles. The van der Waals surface area contributed by atoms with Gasteiger partial charge in [0.05, 0.1) is 12.2 Å². The lowest BCUT2D eigenvalue weighted by molar-refractivity contribution is -0.0180. The van der Waals surface area contributed by atoms with Gasteiger partial charge in [0.2, 0.25) is 0 Å². The molecule has 0 aromatic rings. The van der Waals surface area contributed by atoms with E-state index in [9.17, 15) is 5.11 Å². The highest BCUT2D eigenvalue weighted by molar-refractivity contribution is 4.81. The van der Waals surface area contributed by atoms with Gasteiger partial charge in [-0.1, -0.05) is 6.92 Å². The first-order valence-corrected chi connectivity index (χ1v) is 7.00. The van der Waals surface area contributed by atoms with Crippen molar-refractivity contribution in [3.8, 4) is 0 Å². The number of hydrogen-bond donors (Lipinski definition) is 2. The van der Waals surface area contributed by atoms with Crippen LogP contribution in [0.4, 0.5) is 0 Å². The number of nitrogens with zero attached hydrogens (tertiary/aromatic N) is 1. The van der Waals surface area contributed by atoms with Gasteiger partial charge in [0.1, 0.15) is 0 Å². The number of β-amino-alcohol motifs (C(OH)–C–C–N with tert-alkyl or cyclic N) is 1. The molecule has 1 fully saturated rings. The predicted molar refractivity (Wildman–Crippen MR) is 74.8 cm³/mol. The van der Waals surface area contributed by atoms with Gasteiger partial charge in [-0.05, 0) is 39.7 Å². The SMILES string of the molecule is COC1CN(CC(O)CNC(C)(C)C)CCC1C. The van der Waals surface area contributed by atoms with E-state index in [2.05, 4.69) is 37.9 Å². The van der Waals surface area contributed by atoms with Gasteiger partial charge in [-0.2, -0.15) is 0 Å². The smallest absolute Gasteiger partial charge is 0.0791 e. The molecule has 1 saturated heterocycles. The van der Waals surface area contributed by atoms with Crippen LogP contribution in [-0.4, -0.2) is 61.0 Å². The number of likely N-dealkylation sites (tertiary alicyclic amines) is 1. The summed E-state index contributed by atoms with van der Waals surface area (Å²) in [5, 5.41) is 13.4. The molecule has 0 aromatic heterocycles. The van der Waals surface area contributed by atoms with Crippen molar-refractivity contribution in [2.24, 2.45) is 5.92 Å². The van der Waals surface area contributed by atoms with Crippen LogP contribution in [0.2, 0.25) is 0 Å². The Kier molecular flexibility index (Phi) is 6.05. The van der Waals surface area contributed by atoms with Crippen molar-refractivity contribution < 1.29 is 9.84 Å². The van der Waals surface area contributed by atoms with Crippen LogP contribution in [0.1, 0.15) is 34.1 Å². The number of aliphatic hydroxyl groups is 1. The van der Waals surface area contributed by atoms with Crippen molar-refractivity contribution in [3.63, 3.8) is 0 Å². The van der Waals surface area contributed by atoms with Crippen molar-refractivity contribution in [1.82, 2.24) is 10.2 Å². The molecule has 3 atom stereocenters. The van der Waals surface area contributed by atoms with E-state index in [1.807, 2.05) is 0 Å². The van der Waals surface area contributed by atoms with Gasteiger partial charge >= 0.3 is 0 Å². The van der Waals surface area contributed by atoms with Crippen LogP contribution >= 0.6 is 0 Å². The lowest BCUT2D eigenvalue weighted by Gasteiger charge is -2.37. The summed E-state index contributed by atoms with van der Waals surface area (Å²) < 4.78 is 5.49. The van der Waals surface area contributed by atoms with Gasteiger partial charge in [-0.25, -0.2) is 0 Å². The van der Waals surface area contributed by atoms with Gasteiger partial charge in [-0.3, -0.25) is 4.90 Å². The van der Waals surface area contributed by atoms with Crippen LogP contribution < -0.4 is 5.32 Å². The first-order chi connectivity index (χ1) is 8.31. The molecule has 0 amide bonds. The summed E-state index contributed by atoms with van der Waals surface area (Å²) in [5.74, 6) is 0.621. The fraction of sp³-hybridized carbons (Fsp3) is 1.00. The van der Waals surface area contributed by atoms with Gasteiger partial charge in [0, 0.05) is 32.3 Å². The minimum Gasteiger partial charge on any atom is -0.390 e. The molecule has 4 heteroatoms. The van der Waals surface area contributed by atoms with E-state index in [0.717, 1.165) is 26.1 Å². The zero-order chi connectivity index (χ0) is 13.8. The third-order valence-electron chi connectivity index (χ3n) is 3.61. The predicted octanol–water partition coefficient (Wildman–Crippen LogP) is 1.09. The molecular formula is C14H30N2O2. The monoisotopic (exact) mass is 258 g/mol. The van der Waals surface area contributed by atoms with Crippen molar-refractivity contribution in [2.45, 2.75) is 51.9 Å². The number of aliphatic hydroxyl groups excluding tert-OH is 1. The first-order valence-electron chi connectivity index (χ1n) is 7.00. The number of ether oxygens (including phenoxy) is 1. The molecule has 108 valence electrons. The number of hydrogen-bond acceptors (Lipinski definition) is 4. The Morgan fingerprint density at radius 2 is 2.11 bits per heavy atom. The Bertz CT molecular complexity index is 240. The van der Waals surface area contributed by atoms with E-state index in [1.165, 1.54) is 0 Å². The summed E-state index contributed by atoms with van der Waals surface area (Å²) in [5.41, 5.74) is 0.0620. The minimum absolute atomic E-state index is 0.0620. The van der Waals surface area contributed by atoms with E-state index >= 15 is 0 Å². The highest BCUT2D eigenvalue weighted by Gasteiger charge is 2.27. The van der Waals surface area contributed by atoms with Crippen molar-refractivity contribution >= 4 is 0 Å². The van der Waals surface area contributed by atoms with Crippen molar-refractivity contribution in [3.05, 3.63) is 0 Å². The van der Waals surface area contributed by atoms with E-state index in [0.29, 0.717) is 18.6 Å². The third kappa shape index (κ3) is 5.65. The normalized spacial score (nSPS) is 28.3. The second kappa shape index (κ2) is 6.85. The highest BCUT2D eigenvalue weighted by Crippen LogP contribution is 2.19. The minimum atomic E-state index is -0.310. The van der Waals surface area contributed by atoms with Crippen molar-refractivity contribution in [1.29, 1.82) is 0 Å². The maximum atomic E-state index is 10.0. The molecule has 18 heavy (non-hydrogen) atoms. The molecule has 1 aliphatic heterocycles. The quantitative estimate of drug-likeness (QED) is 0.775. The second-order valence-corrected chi connectivity index (χ2v) is 6.58. The first kappa shape index (κ1) is 15.9. The summed E-state index contributed by atoms with van der Waals surface area (Å²) in [6.07, 6.45) is 1.15. The van der Waals surface area contributed by atoms with Crippen LogP contribution in [0.3, 0.4) is 0 Å². The molecule has 0 spiro atoms. The number of nitrogens with one attached hydrogen (secondary N) is 1. The molecule has 0 aliphatic carbocycles. The molecule has 1 aliphatic rings. The molecule has 2 N–H and O–H groups in total. The summed E-state index contributed by atoms with van der Waals surface area (Å²) >= 11 is 0. The zero-order valence-corrected chi connectivity index (χ0v) is 12.6. The molecule has 1 rings (SSSR count). The highest BCUT2D eigenvalue weighted by atomic mass is 16.5. The lowest BCUT2D eigenvalue weighted by atomic mass is 9.95. The molecule has 4 nitrogen and oxygen atoms in total. The molecular weight excluding hydrogens is 228 g/mol. The Hall–Kier alpha value is -0.160. The van der Waals surface area contributed by atoms with Crippen LogP contribution in [-0.2, 0) is 4.74 Å². The van der Waals surface area contributed by atoms with Gasteiger partial charge < -0.3 is 15.2 Å². The van der Waals surface area contributed by atoms with Gasteiger partial charge in [-0.15, -0.1) is 0 Å². The van der Waals surface area contributed by atoms with Crippen LogP contribution in [0, 0.1) is 5.92 Å². The van der Waals surface area contributed by atoms with Crippen molar-refractivity contribution in [2.75, 3.05) is 33.3 Å². The topological polar surface area (TPSA) is 44.7 Å². The zero-order valence-electron chi connectivity index (χ0n) is 12.6. The maximum absolute atomic E-state index is 10.0. The summed E-state index contributed by atoms with van der Waals surface area (Å²) in [6, 6.07) is 0. The summed E-state index contributed by atoms with van der Waals surface area (Å²) in [7, 11) is 1.78. The maximum Gasteiger partial charge on any atom is 0.0791 e. The Balaban J connectivity index is 2.29. The summed E-state index contributed by atoms with van der Waals surface area (Å²) in [6.45, 7) is 12.0. The average molecular weight is 258 g/mol. The largest absolute Gasteiger partial charge is 0.390 e. The molecule has 3 unspecified atom stereocenters. The molecule has 0 bridgehead atoms. The molecule has 0 saturated carbocycles. The fourth-order valence-electron chi connectivity index (χ4n) is 2.36. The lowest BCUT2D eigenvalue weighted by Crippen LogP contribution is -2.49. The van der Waals surface area contributed by atoms with Crippen LogP contribution in [0.15, 0.2) is 0 Å². The fourth-order valence-corrected chi connectivity index (χ4v) is 2.36. The summed E-state index contributed by atoms with van der Waals surface area (Å²) in [4.78, 5) is 2.31. The van der Waals surface area contributed by atoms with E-state index in [1.54, 1.807) is 7.11 Å². The van der Waals surface area contributed by atoms with Gasteiger partial charge in [0.25, 0.3) is 0 Å². The second-order valence-electron chi connectivity index (χ2n) is 6.58. The Morgan fingerprint density at radius 3 is 2.67 bits per heavy atom. The van der Waals surface area contributed by atoms with E-state index in [-0.39, 0.29) is 11.6 Å². The third-order valence-corrected chi connectivity index (χ3v) is 3.61. The van der Waals surface area contributed by atoms with Crippen LogP contribution in [0.25, 0.3) is 0 Å². The van der Waals surface area contributed by atoms with Crippen LogP contribution in [0.5, 0.6) is 0 Å². The molecule has 0 aromatic carbocycles. The number of piperidine rings is 1. The standard InChI is InChI=1S/C14H30N2O2/c1-11-6-7-16(10-13(11)18-5)9-12(17)8-15-14(2,3)4/h11-13,15,17H,6-10H2,1-5H3. The Labute approximate surface area is 112 Å². The number of methoxy groups -OCH3 is 1. The van der Waals surface area contributed by atoms with E-state index < -0.39 is 0 Å².